The Hall–Kier alpha value is -3.45. The fourth-order valence-corrected chi connectivity index (χ4v) is 3.84. The number of nitrogens with one attached hydrogen (secondary N) is 1. The van der Waals surface area contributed by atoms with Gasteiger partial charge < -0.3 is 19.6 Å². The molecule has 1 aliphatic rings. The monoisotopic (exact) mass is 520 g/mol. The van der Waals surface area contributed by atoms with Crippen molar-refractivity contribution < 1.29 is 32.3 Å². The smallest absolute Gasteiger partial charge is 0.488 e. The largest absolute Gasteiger partial charge is 0.513 e. The molecule has 0 spiro atoms. The molecule has 0 radical (unpaired) electrons. The first-order valence-electron chi connectivity index (χ1n) is 12.1. The van der Waals surface area contributed by atoms with Crippen LogP contribution in [0.3, 0.4) is 0 Å². The molecule has 37 heavy (non-hydrogen) atoms. The van der Waals surface area contributed by atoms with Gasteiger partial charge in [0.2, 0.25) is 0 Å². The van der Waals surface area contributed by atoms with Crippen molar-refractivity contribution in [3.05, 3.63) is 53.1 Å². The molecule has 10 heteroatoms. The minimum atomic E-state index is -4.47. The molecule has 2 aromatic carbocycles. The van der Waals surface area contributed by atoms with Crippen LogP contribution in [0.25, 0.3) is 0 Å². The van der Waals surface area contributed by atoms with Gasteiger partial charge in [-0.2, -0.15) is 18.4 Å². The molecule has 2 aromatic rings. The molecule has 0 saturated heterocycles. The minimum Gasteiger partial charge on any atom is -0.488 e. The Labute approximate surface area is 215 Å². The van der Waals surface area contributed by atoms with Crippen LogP contribution < -0.4 is 14.8 Å². The Morgan fingerprint density at radius 3 is 2.46 bits per heavy atom. The number of nitriles is 1. The van der Waals surface area contributed by atoms with Crippen molar-refractivity contribution in [2.75, 3.05) is 31.6 Å². The Balaban J connectivity index is 1.71. The Bertz CT molecular complexity index is 1140. The normalized spacial score (nSPS) is 13.9. The van der Waals surface area contributed by atoms with Crippen molar-refractivity contribution in [2.45, 2.75) is 52.8 Å². The summed E-state index contributed by atoms with van der Waals surface area (Å²) in [4.78, 5) is 16.3. The van der Waals surface area contributed by atoms with Crippen LogP contribution in [0.5, 0.6) is 11.5 Å². The Morgan fingerprint density at radius 2 is 1.84 bits per heavy atom. The second-order valence-corrected chi connectivity index (χ2v) is 10.0. The molecule has 0 aliphatic carbocycles. The van der Waals surface area contributed by atoms with Crippen molar-refractivity contribution in [3.63, 3.8) is 0 Å². The van der Waals surface area contributed by atoms with Crippen LogP contribution >= 0.6 is 0 Å². The summed E-state index contributed by atoms with van der Waals surface area (Å²) in [6, 6.07) is 12.1. The van der Waals surface area contributed by atoms with Gasteiger partial charge in [-0.05, 0) is 74.9 Å². The lowest BCUT2D eigenvalue weighted by molar-refractivity contribution is -0.153. The van der Waals surface area contributed by atoms with Crippen LogP contribution in [0, 0.1) is 16.7 Å². The van der Waals surface area contributed by atoms with Crippen molar-refractivity contribution >= 4 is 11.7 Å². The van der Waals surface area contributed by atoms with E-state index < -0.39 is 18.2 Å². The highest BCUT2D eigenvalue weighted by Gasteiger charge is 2.37. The number of para-hydroxylation sites is 2. The number of rotatable bonds is 10. The molecule has 2 N–H and O–H groups in total. The van der Waals surface area contributed by atoms with Crippen LogP contribution in [-0.4, -0.2) is 54.3 Å². The van der Waals surface area contributed by atoms with E-state index in [2.05, 4.69) is 17.5 Å². The number of alkyl halides is 3. The van der Waals surface area contributed by atoms with Gasteiger partial charge >= 0.3 is 12.1 Å². The second kappa shape index (κ2) is 11.7. The van der Waals surface area contributed by atoms with E-state index in [0.29, 0.717) is 12.0 Å². The molecule has 200 valence electrons. The summed E-state index contributed by atoms with van der Waals surface area (Å²) in [5, 5.41) is 14.4. The fourth-order valence-electron chi connectivity index (χ4n) is 3.84. The summed E-state index contributed by atoms with van der Waals surface area (Å²) >= 11 is 0. The molecule has 0 saturated carbocycles. The number of ether oxygens (including phenoxy) is 2. The average Bonchev–Trinajstić information content (AvgIpc) is 3.29. The summed E-state index contributed by atoms with van der Waals surface area (Å²) in [5.41, 5.74) is 2.89. The second-order valence-electron chi connectivity index (χ2n) is 10.0. The van der Waals surface area contributed by atoms with Gasteiger partial charge in [-0.25, -0.2) is 4.84 Å². The van der Waals surface area contributed by atoms with Gasteiger partial charge in [-0.15, -0.1) is 0 Å². The van der Waals surface area contributed by atoms with Gasteiger partial charge in [0.1, 0.15) is 18.1 Å². The first-order chi connectivity index (χ1) is 17.4. The molecule has 3 rings (SSSR count). The van der Waals surface area contributed by atoms with E-state index in [9.17, 15) is 23.2 Å². The van der Waals surface area contributed by atoms with E-state index >= 15 is 0 Å². The molecular weight excluding hydrogens is 487 g/mol. The number of nitrogens with zero attached hydrogens (tertiary/aromatic N) is 2. The standard InChI is InChI=1S/C27H32F3N3O4/c1-18(13-19-14-20-9-10-32-24(20)21(15-19)16-31)33(37-25(34)26(2,3)4)11-12-35-22-7-5-6-8-23(22)36-17-27(28,29)30/h5-8,14-15,18,32H,9-13,17H2,1-4H3/p+1/t18-/m1/s1. The molecule has 7 nitrogen and oxygen atoms in total. The topological polar surface area (TPSA) is 88.2 Å². The zero-order chi connectivity index (χ0) is 27.2. The zero-order valence-corrected chi connectivity index (χ0v) is 21.5. The van der Waals surface area contributed by atoms with Gasteiger partial charge in [0.05, 0.1) is 23.8 Å². The highest BCUT2D eigenvalue weighted by molar-refractivity contribution is 5.76. The maximum absolute atomic E-state index is 12.6. The van der Waals surface area contributed by atoms with Crippen molar-refractivity contribution in [1.29, 1.82) is 5.26 Å². The third kappa shape index (κ3) is 8.02. The number of hydrogen-bond donors (Lipinski definition) is 1. The number of carbonyl (C=O) groups excluding carboxylic acids is 1. The fraction of sp³-hybridized carbons (Fsp3) is 0.481. The van der Waals surface area contributed by atoms with Gasteiger partial charge in [0, 0.05) is 6.54 Å². The lowest BCUT2D eigenvalue weighted by Gasteiger charge is -2.24. The van der Waals surface area contributed by atoms with Gasteiger partial charge in [0.15, 0.2) is 18.1 Å². The van der Waals surface area contributed by atoms with E-state index in [1.54, 1.807) is 17.2 Å². The predicted octanol–water partition coefficient (Wildman–Crippen LogP) is 5.26. The van der Waals surface area contributed by atoms with Gasteiger partial charge in [0.25, 0.3) is 0 Å². The number of fused-ring (bicyclic) bond motifs is 1. The SMILES string of the molecule is C[C@H](Cc1cc(C#N)c2c(c1)CCN2)N(CCOc1ccccc1OCC(F)(F)F)OC(=[OH+])C(C)(C)C. The predicted molar refractivity (Wildman–Crippen MR) is 134 cm³/mol. The van der Waals surface area contributed by atoms with Crippen molar-refractivity contribution in [3.8, 4) is 17.6 Å². The summed E-state index contributed by atoms with van der Waals surface area (Å²) in [7, 11) is 0. The number of benzene rings is 2. The van der Waals surface area contributed by atoms with E-state index in [1.807, 2.05) is 33.8 Å². The summed E-state index contributed by atoms with van der Waals surface area (Å²) < 4.78 is 48.4. The Kier molecular flexibility index (Phi) is 8.92. The van der Waals surface area contributed by atoms with Crippen LogP contribution in [0.15, 0.2) is 36.4 Å². The molecule has 0 bridgehead atoms. The lowest BCUT2D eigenvalue weighted by Crippen LogP contribution is -2.42. The van der Waals surface area contributed by atoms with Crippen LogP contribution in [0.4, 0.5) is 18.9 Å². The zero-order valence-electron chi connectivity index (χ0n) is 21.5. The lowest BCUT2D eigenvalue weighted by atomic mass is 9.97. The Morgan fingerprint density at radius 1 is 1.16 bits per heavy atom. The summed E-state index contributed by atoms with van der Waals surface area (Å²) in [6.45, 7) is 6.98. The molecule has 1 aliphatic heterocycles. The third-order valence-electron chi connectivity index (χ3n) is 5.77. The highest BCUT2D eigenvalue weighted by Crippen LogP contribution is 2.30. The molecular formula is C27H33F3N3O4+. The molecule has 0 aromatic heterocycles. The van der Waals surface area contributed by atoms with E-state index in [4.69, 9.17) is 14.3 Å². The van der Waals surface area contributed by atoms with Crippen LogP contribution in [-0.2, 0) is 17.7 Å². The van der Waals surface area contributed by atoms with E-state index in [1.165, 1.54) is 12.1 Å². The van der Waals surface area contributed by atoms with Crippen LogP contribution in [0.2, 0.25) is 0 Å². The maximum Gasteiger partial charge on any atom is 0.513 e. The molecule has 0 amide bonds. The van der Waals surface area contributed by atoms with Crippen molar-refractivity contribution in [2.24, 2.45) is 5.41 Å². The maximum atomic E-state index is 12.6. The van der Waals surface area contributed by atoms with Gasteiger partial charge in [-0.1, -0.05) is 18.2 Å². The summed E-state index contributed by atoms with van der Waals surface area (Å²) in [5.74, 6) is -0.0162. The third-order valence-corrected chi connectivity index (χ3v) is 5.77. The van der Waals surface area contributed by atoms with E-state index in [0.717, 1.165) is 29.8 Å². The van der Waals surface area contributed by atoms with Crippen molar-refractivity contribution in [1.82, 2.24) is 5.06 Å². The van der Waals surface area contributed by atoms with E-state index in [-0.39, 0.29) is 36.7 Å². The van der Waals surface area contributed by atoms with Gasteiger partial charge in [-0.3, -0.25) is 0 Å². The molecule has 0 unspecified atom stereocenters. The number of anilines is 1. The average molecular weight is 521 g/mol. The quantitative estimate of drug-likeness (QED) is 0.340. The number of hydrogen-bond acceptors (Lipinski definition) is 6. The first kappa shape index (κ1) is 28.1. The number of halogens is 3. The minimum absolute atomic E-state index is 0.0137. The first-order valence-corrected chi connectivity index (χ1v) is 12.1. The highest BCUT2D eigenvalue weighted by atomic mass is 19.4. The summed E-state index contributed by atoms with van der Waals surface area (Å²) in [6.07, 6.45) is -3.09. The molecule has 0 fully saturated rings. The molecule has 1 heterocycles. The molecule has 1 atom stereocenters. The van der Waals surface area contributed by atoms with Crippen LogP contribution in [0.1, 0.15) is 44.4 Å². The number of hydroxylamine groups is 2.